The fourth-order valence-corrected chi connectivity index (χ4v) is 2.72. The zero-order chi connectivity index (χ0) is 16.9. The van der Waals surface area contributed by atoms with Crippen LogP contribution in [0.25, 0.3) is 0 Å². The predicted molar refractivity (Wildman–Crippen MR) is 105 cm³/mol. The van der Waals surface area contributed by atoms with E-state index in [2.05, 4.69) is 60.5 Å². The first-order valence-corrected chi connectivity index (χ1v) is 9.25. The summed E-state index contributed by atoms with van der Waals surface area (Å²) in [5.74, 6) is 6.81. The molecule has 0 saturated heterocycles. The highest BCUT2D eigenvalue weighted by Gasteiger charge is 2.07. The average molecular weight is 319 g/mol. The molecular formula is C23H29N. The Labute approximate surface area is 147 Å². The third kappa shape index (κ3) is 6.92. The molecule has 126 valence electrons. The van der Waals surface area contributed by atoms with Gasteiger partial charge in [0.25, 0.3) is 0 Å². The number of hydrogen-bond donors (Lipinski definition) is 1. The molecule has 24 heavy (non-hydrogen) atoms. The number of benzene rings is 2. The topological polar surface area (TPSA) is 12.0 Å². The van der Waals surface area contributed by atoms with E-state index in [1.807, 2.05) is 24.3 Å². The summed E-state index contributed by atoms with van der Waals surface area (Å²) in [4.78, 5) is 0. The molecular weight excluding hydrogens is 290 g/mol. The number of nitrogens with one attached hydrogen (secondary N) is 1. The van der Waals surface area contributed by atoms with E-state index in [-0.39, 0.29) is 6.04 Å². The molecule has 0 bridgehead atoms. The molecule has 0 saturated carbocycles. The first-order chi connectivity index (χ1) is 11.9. The van der Waals surface area contributed by atoms with Crippen molar-refractivity contribution in [2.75, 3.05) is 5.32 Å². The molecule has 2 aromatic carbocycles. The summed E-state index contributed by atoms with van der Waals surface area (Å²) in [5, 5.41) is 3.54. The zero-order valence-electron chi connectivity index (χ0n) is 14.8. The summed E-state index contributed by atoms with van der Waals surface area (Å²) in [5.41, 5.74) is 2.33. The van der Waals surface area contributed by atoms with E-state index < -0.39 is 0 Å². The van der Waals surface area contributed by atoms with Crippen molar-refractivity contribution in [3.05, 3.63) is 66.2 Å². The second-order valence-electron chi connectivity index (χ2n) is 6.19. The van der Waals surface area contributed by atoms with Crippen molar-refractivity contribution < 1.29 is 0 Å². The minimum Gasteiger partial charge on any atom is -0.368 e. The summed E-state index contributed by atoms with van der Waals surface area (Å²) in [6.45, 7) is 2.26. The summed E-state index contributed by atoms with van der Waals surface area (Å²) < 4.78 is 0. The van der Waals surface area contributed by atoms with Gasteiger partial charge < -0.3 is 5.32 Å². The molecule has 1 nitrogen and oxygen atoms in total. The van der Waals surface area contributed by atoms with Crippen LogP contribution >= 0.6 is 0 Å². The van der Waals surface area contributed by atoms with Crippen molar-refractivity contribution >= 4 is 5.69 Å². The molecule has 0 spiro atoms. The zero-order valence-corrected chi connectivity index (χ0v) is 14.8. The number of anilines is 1. The van der Waals surface area contributed by atoms with E-state index in [0.717, 1.165) is 12.1 Å². The van der Waals surface area contributed by atoms with Crippen LogP contribution in [0.15, 0.2) is 60.7 Å². The van der Waals surface area contributed by atoms with Crippen LogP contribution in [-0.4, -0.2) is 0 Å². The molecule has 0 aliphatic carbocycles. The molecule has 0 aromatic heterocycles. The van der Waals surface area contributed by atoms with Crippen LogP contribution in [-0.2, 0) is 0 Å². The van der Waals surface area contributed by atoms with Crippen molar-refractivity contribution in [1.82, 2.24) is 0 Å². The van der Waals surface area contributed by atoms with E-state index in [1.165, 1.54) is 44.1 Å². The lowest BCUT2D eigenvalue weighted by Gasteiger charge is -2.15. The van der Waals surface area contributed by atoms with E-state index in [4.69, 9.17) is 0 Å². The standard InChI is InChI=1S/C23H29N/c1-2-3-4-5-6-7-8-15-20-23(21-16-11-9-12-17-21)24-22-18-13-10-14-19-22/h9-14,16-19,23-24H,2-8H2,1H3. The normalized spacial score (nSPS) is 11.4. The summed E-state index contributed by atoms with van der Waals surface area (Å²) in [6, 6.07) is 20.8. The van der Waals surface area contributed by atoms with Crippen LogP contribution in [0, 0.1) is 11.8 Å². The smallest absolute Gasteiger partial charge is 0.113 e. The lowest BCUT2D eigenvalue weighted by atomic mass is 10.1. The Bertz CT molecular complexity index is 607. The fourth-order valence-electron chi connectivity index (χ4n) is 2.72. The van der Waals surface area contributed by atoms with E-state index in [9.17, 15) is 0 Å². The molecule has 2 aromatic rings. The number of unbranched alkanes of at least 4 members (excludes halogenated alkanes) is 6. The van der Waals surface area contributed by atoms with Gasteiger partial charge in [0, 0.05) is 12.1 Å². The molecule has 0 fully saturated rings. The summed E-state index contributed by atoms with van der Waals surface area (Å²) in [6.07, 6.45) is 8.89. The molecule has 1 heteroatoms. The van der Waals surface area contributed by atoms with E-state index in [1.54, 1.807) is 0 Å². The van der Waals surface area contributed by atoms with E-state index in [0.29, 0.717) is 0 Å². The fraction of sp³-hybridized carbons (Fsp3) is 0.391. The highest BCUT2D eigenvalue weighted by Crippen LogP contribution is 2.18. The molecule has 2 rings (SSSR count). The van der Waals surface area contributed by atoms with Crippen molar-refractivity contribution in [3.8, 4) is 11.8 Å². The molecule has 0 heterocycles. The van der Waals surface area contributed by atoms with Crippen LogP contribution in [0.2, 0.25) is 0 Å². The molecule has 0 aliphatic rings. The van der Waals surface area contributed by atoms with Gasteiger partial charge in [0.1, 0.15) is 6.04 Å². The number of para-hydroxylation sites is 1. The maximum Gasteiger partial charge on any atom is 0.113 e. The van der Waals surface area contributed by atoms with Gasteiger partial charge >= 0.3 is 0 Å². The Kier molecular flexibility index (Phi) is 8.58. The molecule has 0 amide bonds. The van der Waals surface area contributed by atoms with Gasteiger partial charge in [-0.25, -0.2) is 0 Å². The summed E-state index contributed by atoms with van der Waals surface area (Å²) >= 11 is 0. The van der Waals surface area contributed by atoms with E-state index >= 15 is 0 Å². The molecule has 1 N–H and O–H groups in total. The molecule has 0 radical (unpaired) electrons. The minimum atomic E-state index is 0.0497. The van der Waals surface area contributed by atoms with Crippen LogP contribution in [0.1, 0.15) is 63.5 Å². The lowest BCUT2D eigenvalue weighted by molar-refractivity contribution is 0.614. The molecule has 0 aliphatic heterocycles. The van der Waals surface area contributed by atoms with Crippen molar-refractivity contribution in [3.63, 3.8) is 0 Å². The Balaban J connectivity index is 1.89. The highest BCUT2D eigenvalue weighted by atomic mass is 14.9. The minimum absolute atomic E-state index is 0.0497. The van der Waals surface area contributed by atoms with Crippen LogP contribution in [0.4, 0.5) is 5.69 Å². The van der Waals surface area contributed by atoms with Gasteiger partial charge in [-0.2, -0.15) is 0 Å². The van der Waals surface area contributed by atoms with Crippen LogP contribution < -0.4 is 5.32 Å². The Morgan fingerprint density at radius 3 is 2.12 bits per heavy atom. The average Bonchev–Trinajstić information content (AvgIpc) is 2.64. The first kappa shape index (κ1) is 18.1. The maximum absolute atomic E-state index is 3.54. The van der Waals surface area contributed by atoms with Gasteiger partial charge in [-0.15, -0.1) is 5.92 Å². The Morgan fingerprint density at radius 1 is 0.792 bits per heavy atom. The van der Waals surface area contributed by atoms with Crippen LogP contribution in [0.5, 0.6) is 0 Å². The van der Waals surface area contributed by atoms with Gasteiger partial charge in [0.15, 0.2) is 0 Å². The second kappa shape index (κ2) is 11.4. The van der Waals surface area contributed by atoms with Crippen molar-refractivity contribution in [2.24, 2.45) is 0 Å². The van der Waals surface area contributed by atoms with Crippen molar-refractivity contribution in [2.45, 2.75) is 57.9 Å². The maximum atomic E-state index is 3.54. The third-order valence-electron chi connectivity index (χ3n) is 4.12. The first-order valence-electron chi connectivity index (χ1n) is 9.25. The number of rotatable bonds is 9. The van der Waals surface area contributed by atoms with Crippen LogP contribution in [0.3, 0.4) is 0 Å². The molecule has 1 unspecified atom stereocenters. The highest BCUT2D eigenvalue weighted by molar-refractivity contribution is 5.47. The van der Waals surface area contributed by atoms with Crippen molar-refractivity contribution in [1.29, 1.82) is 0 Å². The summed E-state index contributed by atoms with van der Waals surface area (Å²) in [7, 11) is 0. The Hall–Kier alpha value is -2.20. The Morgan fingerprint density at radius 2 is 1.42 bits per heavy atom. The predicted octanol–water partition coefficient (Wildman–Crippen LogP) is 6.59. The third-order valence-corrected chi connectivity index (χ3v) is 4.12. The number of hydrogen-bond acceptors (Lipinski definition) is 1. The quantitative estimate of drug-likeness (QED) is 0.406. The molecule has 1 atom stereocenters. The van der Waals surface area contributed by atoms with Gasteiger partial charge in [-0.05, 0) is 24.1 Å². The lowest BCUT2D eigenvalue weighted by Crippen LogP contribution is -2.08. The van der Waals surface area contributed by atoms with Gasteiger partial charge in [0.2, 0.25) is 0 Å². The second-order valence-corrected chi connectivity index (χ2v) is 6.19. The van der Waals surface area contributed by atoms with Gasteiger partial charge in [-0.1, -0.05) is 93.5 Å². The largest absolute Gasteiger partial charge is 0.368 e. The van der Waals surface area contributed by atoms with Gasteiger partial charge in [0.05, 0.1) is 0 Å². The van der Waals surface area contributed by atoms with Gasteiger partial charge in [-0.3, -0.25) is 0 Å². The monoisotopic (exact) mass is 319 g/mol. The SMILES string of the molecule is CCCCCCCCC#CC(Nc1ccccc1)c1ccccc1.